The van der Waals surface area contributed by atoms with Crippen LogP contribution >= 0.6 is 11.6 Å². The highest BCUT2D eigenvalue weighted by Crippen LogP contribution is 2.31. The minimum atomic E-state index is 0.222. The van der Waals surface area contributed by atoms with Gasteiger partial charge in [0.2, 0.25) is 0 Å². The number of halogens is 1. The summed E-state index contributed by atoms with van der Waals surface area (Å²) in [5.41, 5.74) is 2.52. The summed E-state index contributed by atoms with van der Waals surface area (Å²) >= 11 is 6.05. The highest BCUT2D eigenvalue weighted by molar-refractivity contribution is 6.30. The number of aromatic hydroxyl groups is 1. The molecule has 0 spiro atoms. The number of nitrogens with one attached hydrogen (secondary N) is 1. The van der Waals surface area contributed by atoms with Crippen molar-refractivity contribution in [2.75, 3.05) is 5.32 Å². The van der Waals surface area contributed by atoms with Crippen molar-refractivity contribution in [1.29, 1.82) is 0 Å². The Balaban J connectivity index is 1.83. The predicted molar refractivity (Wildman–Crippen MR) is 101 cm³/mol. The fraction of sp³-hybridized carbons (Fsp3) is 0. The molecule has 0 saturated carbocycles. The SMILES string of the molecule is Oc1ccc(-c2nnc(Nc3cccc(Cl)c3)c3ccccc23)cc1. The molecule has 0 unspecified atom stereocenters. The van der Waals surface area contributed by atoms with E-state index >= 15 is 0 Å². The smallest absolute Gasteiger partial charge is 0.161 e. The van der Waals surface area contributed by atoms with Gasteiger partial charge in [-0.15, -0.1) is 10.2 Å². The predicted octanol–water partition coefficient (Wildman–Crippen LogP) is 5.40. The number of phenols is 1. The molecule has 1 aromatic heterocycles. The van der Waals surface area contributed by atoms with Gasteiger partial charge >= 0.3 is 0 Å². The molecule has 0 bridgehead atoms. The van der Waals surface area contributed by atoms with Crippen LogP contribution in [-0.2, 0) is 0 Å². The van der Waals surface area contributed by atoms with E-state index in [-0.39, 0.29) is 5.75 Å². The van der Waals surface area contributed by atoms with Gasteiger partial charge in [0.15, 0.2) is 5.82 Å². The van der Waals surface area contributed by atoms with Crippen LogP contribution in [0.5, 0.6) is 5.75 Å². The largest absolute Gasteiger partial charge is 0.508 e. The highest BCUT2D eigenvalue weighted by atomic mass is 35.5. The Morgan fingerprint density at radius 1 is 0.800 bits per heavy atom. The van der Waals surface area contributed by atoms with Gasteiger partial charge in [-0.05, 0) is 42.5 Å². The van der Waals surface area contributed by atoms with E-state index in [2.05, 4.69) is 15.5 Å². The maximum Gasteiger partial charge on any atom is 0.161 e. The molecule has 0 aliphatic heterocycles. The molecule has 5 heteroatoms. The minimum absolute atomic E-state index is 0.222. The highest BCUT2D eigenvalue weighted by Gasteiger charge is 2.11. The van der Waals surface area contributed by atoms with E-state index in [1.165, 1.54) is 0 Å². The molecule has 0 aliphatic carbocycles. The third-order valence-corrected chi connectivity index (χ3v) is 4.15. The molecule has 122 valence electrons. The lowest BCUT2D eigenvalue weighted by molar-refractivity contribution is 0.475. The quantitative estimate of drug-likeness (QED) is 0.521. The monoisotopic (exact) mass is 347 g/mol. The molecule has 4 rings (SSSR count). The van der Waals surface area contributed by atoms with Crippen LogP contribution in [0, 0.1) is 0 Å². The Morgan fingerprint density at radius 3 is 2.32 bits per heavy atom. The molecule has 3 aromatic carbocycles. The number of hydrogen-bond acceptors (Lipinski definition) is 4. The van der Waals surface area contributed by atoms with Crippen molar-refractivity contribution in [3.8, 4) is 17.0 Å². The maximum absolute atomic E-state index is 9.49. The minimum Gasteiger partial charge on any atom is -0.508 e. The lowest BCUT2D eigenvalue weighted by Gasteiger charge is -2.11. The molecule has 4 nitrogen and oxygen atoms in total. The molecule has 0 atom stereocenters. The molecule has 0 amide bonds. The van der Waals surface area contributed by atoms with Gasteiger partial charge in [0.25, 0.3) is 0 Å². The van der Waals surface area contributed by atoms with Crippen LogP contribution in [0.4, 0.5) is 11.5 Å². The van der Waals surface area contributed by atoms with Crippen molar-refractivity contribution in [1.82, 2.24) is 10.2 Å². The van der Waals surface area contributed by atoms with Crippen LogP contribution in [0.3, 0.4) is 0 Å². The summed E-state index contributed by atoms with van der Waals surface area (Å²) < 4.78 is 0. The molecule has 1 heterocycles. The molecule has 0 fully saturated rings. The normalized spacial score (nSPS) is 10.8. The Bertz CT molecular complexity index is 1050. The number of rotatable bonds is 3. The first kappa shape index (κ1) is 15.4. The lowest BCUT2D eigenvalue weighted by Crippen LogP contribution is -1.99. The first-order chi connectivity index (χ1) is 12.2. The van der Waals surface area contributed by atoms with Crippen LogP contribution < -0.4 is 5.32 Å². The molecule has 4 aromatic rings. The van der Waals surface area contributed by atoms with E-state index in [1.54, 1.807) is 12.1 Å². The second-order valence-electron chi connectivity index (χ2n) is 5.63. The Kier molecular flexibility index (Phi) is 3.96. The number of anilines is 2. The first-order valence-electron chi connectivity index (χ1n) is 7.78. The van der Waals surface area contributed by atoms with E-state index in [4.69, 9.17) is 11.6 Å². The van der Waals surface area contributed by atoms with Crippen molar-refractivity contribution in [2.45, 2.75) is 0 Å². The molecule has 25 heavy (non-hydrogen) atoms. The van der Waals surface area contributed by atoms with E-state index in [0.29, 0.717) is 10.8 Å². The topological polar surface area (TPSA) is 58.0 Å². The van der Waals surface area contributed by atoms with E-state index in [1.807, 2.05) is 60.7 Å². The van der Waals surface area contributed by atoms with Gasteiger partial charge in [-0.1, -0.05) is 41.9 Å². The second kappa shape index (κ2) is 6.42. The van der Waals surface area contributed by atoms with Crippen molar-refractivity contribution in [3.05, 3.63) is 77.8 Å². The summed E-state index contributed by atoms with van der Waals surface area (Å²) in [6.45, 7) is 0. The Hall–Kier alpha value is -3.11. The fourth-order valence-electron chi connectivity index (χ4n) is 2.73. The number of phenolic OH excluding ortho intramolecular Hbond substituents is 1. The van der Waals surface area contributed by atoms with Crippen LogP contribution in [-0.4, -0.2) is 15.3 Å². The second-order valence-corrected chi connectivity index (χ2v) is 6.06. The molecular weight excluding hydrogens is 334 g/mol. The van der Waals surface area contributed by atoms with Crippen LogP contribution in [0.2, 0.25) is 5.02 Å². The van der Waals surface area contributed by atoms with Gasteiger partial charge in [0, 0.05) is 27.0 Å². The number of benzene rings is 3. The first-order valence-corrected chi connectivity index (χ1v) is 8.16. The van der Waals surface area contributed by atoms with Gasteiger partial charge in [0.1, 0.15) is 11.4 Å². The summed E-state index contributed by atoms with van der Waals surface area (Å²) in [7, 11) is 0. The molecule has 0 saturated heterocycles. The summed E-state index contributed by atoms with van der Waals surface area (Å²) in [6.07, 6.45) is 0. The fourth-order valence-corrected chi connectivity index (χ4v) is 2.92. The van der Waals surface area contributed by atoms with Gasteiger partial charge in [-0.3, -0.25) is 0 Å². The zero-order valence-electron chi connectivity index (χ0n) is 13.1. The van der Waals surface area contributed by atoms with E-state index in [9.17, 15) is 5.11 Å². The number of aromatic nitrogens is 2. The summed E-state index contributed by atoms with van der Waals surface area (Å²) in [4.78, 5) is 0. The standard InChI is InChI=1S/C20H14ClN3O/c21-14-4-3-5-15(12-14)22-20-18-7-2-1-6-17(18)19(23-24-20)13-8-10-16(25)11-9-13/h1-12,25H,(H,22,24). The molecular formula is C20H14ClN3O. The maximum atomic E-state index is 9.49. The van der Waals surface area contributed by atoms with Crippen molar-refractivity contribution in [3.63, 3.8) is 0 Å². The van der Waals surface area contributed by atoms with E-state index in [0.717, 1.165) is 27.7 Å². The van der Waals surface area contributed by atoms with Gasteiger partial charge in [-0.2, -0.15) is 0 Å². The van der Waals surface area contributed by atoms with Crippen molar-refractivity contribution < 1.29 is 5.11 Å². The zero-order valence-corrected chi connectivity index (χ0v) is 13.9. The molecule has 0 aliphatic rings. The summed E-state index contributed by atoms with van der Waals surface area (Å²) in [6, 6.07) is 22.4. The molecule has 0 radical (unpaired) electrons. The third-order valence-electron chi connectivity index (χ3n) is 3.92. The van der Waals surface area contributed by atoms with Crippen LogP contribution in [0.15, 0.2) is 72.8 Å². The zero-order chi connectivity index (χ0) is 17.2. The van der Waals surface area contributed by atoms with Gasteiger partial charge in [0.05, 0.1) is 0 Å². The summed E-state index contributed by atoms with van der Waals surface area (Å²) in [5, 5.41) is 24.1. The number of nitrogens with zero attached hydrogens (tertiary/aromatic N) is 2. The number of hydrogen-bond donors (Lipinski definition) is 2. The molecule has 2 N–H and O–H groups in total. The van der Waals surface area contributed by atoms with Gasteiger partial charge < -0.3 is 10.4 Å². The third kappa shape index (κ3) is 3.12. The Morgan fingerprint density at radius 2 is 1.56 bits per heavy atom. The summed E-state index contributed by atoms with van der Waals surface area (Å²) in [5.74, 6) is 0.889. The van der Waals surface area contributed by atoms with Gasteiger partial charge in [-0.25, -0.2) is 0 Å². The van der Waals surface area contributed by atoms with Crippen molar-refractivity contribution >= 4 is 33.9 Å². The Labute approximate surface area is 149 Å². The van der Waals surface area contributed by atoms with Crippen LogP contribution in [0.1, 0.15) is 0 Å². The number of fused-ring (bicyclic) bond motifs is 1. The lowest BCUT2D eigenvalue weighted by atomic mass is 10.0. The van der Waals surface area contributed by atoms with Crippen molar-refractivity contribution in [2.24, 2.45) is 0 Å². The average Bonchev–Trinajstić information content (AvgIpc) is 2.63. The van der Waals surface area contributed by atoms with E-state index < -0.39 is 0 Å². The average molecular weight is 348 g/mol. The van der Waals surface area contributed by atoms with Crippen LogP contribution in [0.25, 0.3) is 22.0 Å².